The zero-order chi connectivity index (χ0) is 37.6. The van der Waals surface area contributed by atoms with E-state index in [1.807, 2.05) is 19.4 Å². The number of aliphatic hydroxyl groups excluding tert-OH is 2. The Bertz CT molecular complexity index is 983. The van der Waals surface area contributed by atoms with E-state index < -0.39 is 0 Å². The largest absolute Gasteiger partial charge is 0.396 e. The quantitative estimate of drug-likeness (QED) is 0.211. The Hall–Kier alpha value is -0.600. The fraction of sp³-hybridized carbons (Fsp3) is 0.917. The second-order valence-corrected chi connectivity index (χ2v) is 18.9. The van der Waals surface area contributed by atoms with Crippen LogP contribution >= 0.6 is 0 Å². The maximum Gasteiger partial charge on any atom is 0.0596 e. The molecule has 13 atom stereocenters. The van der Waals surface area contributed by atoms with Crippen LogP contribution in [-0.2, 0) is 0 Å². The predicted molar refractivity (Wildman–Crippen MR) is 221 cm³/mol. The highest BCUT2D eigenvalue weighted by atomic mass is 16.3. The molecule has 50 heavy (non-hydrogen) atoms. The second-order valence-electron chi connectivity index (χ2n) is 18.9. The van der Waals surface area contributed by atoms with Crippen molar-refractivity contribution in [3.8, 4) is 0 Å². The summed E-state index contributed by atoms with van der Waals surface area (Å²) < 4.78 is 0. The summed E-state index contributed by atoms with van der Waals surface area (Å²) in [4.78, 5) is 0. The molecule has 0 aromatic rings. The van der Waals surface area contributed by atoms with Gasteiger partial charge in [0.05, 0.1) is 6.10 Å². The standard InChI is InChI=1S/C29H48.C10H20O.C7H16O.C2H6/c1-7-20(2)10-8-9-11-23-12-13-25-24-19-22(4)27-18-21(3)14-16-29(27,6)26(24)15-17-28(23,25)5;1-4-9-7(2)5-6-8(3)10(9)11;1-3-4-5-7(2)6-8;1-2/h19-21,23,25-27H,4,7-18H2,1-3,5-6H3;7-11H,4-6H2,1-3H3;7-8H,3-6H2,1-2H3;1-2H3. The molecule has 5 rings (SSSR count). The molecule has 0 aliphatic heterocycles. The molecule has 0 radical (unpaired) electrons. The highest BCUT2D eigenvalue weighted by molar-refractivity contribution is 5.38. The maximum absolute atomic E-state index is 9.81. The average molecular weight is 699 g/mol. The number of rotatable bonds is 11. The van der Waals surface area contributed by atoms with E-state index in [9.17, 15) is 5.11 Å². The first kappa shape index (κ1) is 45.6. The van der Waals surface area contributed by atoms with Crippen LogP contribution in [0.4, 0.5) is 0 Å². The third kappa shape index (κ3) is 11.5. The maximum atomic E-state index is 9.81. The van der Waals surface area contributed by atoms with Crippen LogP contribution < -0.4 is 0 Å². The van der Waals surface area contributed by atoms with Gasteiger partial charge in [0.1, 0.15) is 0 Å². The Morgan fingerprint density at radius 2 is 1.40 bits per heavy atom. The molecule has 4 fully saturated rings. The molecule has 5 aliphatic carbocycles. The van der Waals surface area contributed by atoms with Crippen LogP contribution in [-0.4, -0.2) is 22.9 Å². The lowest BCUT2D eigenvalue weighted by Gasteiger charge is -2.58. The van der Waals surface area contributed by atoms with Crippen LogP contribution in [0.5, 0.6) is 0 Å². The summed E-state index contributed by atoms with van der Waals surface area (Å²) in [6.07, 6.45) is 27.2. The lowest BCUT2D eigenvalue weighted by molar-refractivity contribution is -0.00443. The summed E-state index contributed by atoms with van der Waals surface area (Å²) in [5.74, 6) is 7.56. The smallest absolute Gasteiger partial charge is 0.0596 e. The molecule has 13 unspecified atom stereocenters. The minimum Gasteiger partial charge on any atom is -0.396 e. The summed E-state index contributed by atoms with van der Waals surface area (Å²) in [6.45, 7) is 32.4. The number of hydrogen-bond acceptors (Lipinski definition) is 2. The summed E-state index contributed by atoms with van der Waals surface area (Å²) in [5.41, 5.74) is 4.43. The van der Waals surface area contributed by atoms with Crippen molar-refractivity contribution in [3.63, 3.8) is 0 Å². The molecule has 0 amide bonds. The van der Waals surface area contributed by atoms with Crippen molar-refractivity contribution in [1.82, 2.24) is 0 Å². The van der Waals surface area contributed by atoms with Gasteiger partial charge in [-0.2, -0.15) is 0 Å². The van der Waals surface area contributed by atoms with Gasteiger partial charge in [-0.25, -0.2) is 0 Å². The first-order chi connectivity index (χ1) is 23.8. The number of unbranched alkanes of at least 4 members (excludes halogenated alkanes) is 2. The fourth-order valence-electron chi connectivity index (χ4n) is 11.4. The molecule has 4 saturated carbocycles. The van der Waals surface area contributed by atoms with Crippen molar-refractivity contribution in [2.45, 2.75) is 205 Å². The van der Waals surface area contributed by atoms with Crippen LogP contribution in [0.1, 0.15) is 199 Å². The average Bonchev–Trinajstić information content (AvgIpc) is 3.45. The van der Waals surface area contributed by atoms with Crippen molar-refractivity contribution in [2.24, 2.45) is 70.0 Å². The van der Waals surface area contributed by atoms with Gasteiger partial charge in [-0.15, -0.1) is 0 Å². The van der Waals surface area contributed by atoms with Gasteiger partial charge in [0.2, 0.25) is 0 Å². The minimum absolute atomic E-state index is 0.0382. The van der Waals surface area contributed by atoms with E-state index in [1.165, 1.54) is 115 Å². The fourth-order valence-corrected chi connectivity index (χ4v) is 11.4. The zero-order valence-electron chi connectivity index (χ0n) is 36.0. The second kappa shape index (κ2) is 21.9. The van der Waals surface area contributed by atoms with Crippen LogP contribution in [0.3, 0.4) is 0 Å². The van der Waals surface area contributed by atoms with Crippen molar-refractivity contribution in [3.05, 3.63) is 23.8 Å². The van der Waals surface area contributed by atoms with Gasteiger partial charge in [-0.3, -0.25) is 0 Å². The van der Waals surface area contributed by atoms with E-state index in [-0.39, 0.29) is 6.10 Å². The number of aliphatic hydroxyl groups is 2. The number of allylic oxidation sites excluding steroid dienone is 3. The molecule has 2 N–H and O–H groups in total. The molecule has 2 heteroatoms. The third-order valence-corrected chi connectivity index (χ3v) is 15.4. The first-order valence-corrected chi connectivity index (χ1v) is 22.5. The molecule has 0 aromatic carbocycles. The van der Waals surface area contributed by atoms with Gasteiger partial charge in [0, 0.05) is 6.61 Å². The van der Waals surface area contributed by atoms with Crippen molar-refractivity contribution in [2.75, 3.05) is 6.61 Å². The Balaban J connectivity index is 0.000000339. The monoisotopic (exact) mass is 699 g/mol. The van der Waals surface area contributed by atoms with Gasteiger partial charge < -0.3 is 10.2 Å². The molecular weight excluding hydrogens is 609 g/mol. The zero-order valence-corrected chi connectivity index (χ0v) is 36.0. The van der Waals surface area contributed by atoms with E-state index in [2.05, 4.69) is 81.9 Å². The number of hydrogen-bond donors (Lipinski definition) is 2. The molecule has 0 saturated heterocycles. The van der Waals surface area contributed by atoms with Crippen LogP contribution in [0.2, 0.25) is 0 Å². The molecule has 294 valence electrons. The van der Waals surface area contributed by atoms with Gasteiger partial charge >= 0.3 is 0 Å². The minimum atomic E-state index is -0.0382. The molecule has 5 aliphatic rings. The Morgan fingerprint density at radius 1 is 0.780 bits per heavy atom. The lowest BCUT2D eigenvalue weighted by Crippen LogP contribution is -2.49. The van der Waals surface area contributed by atoms with Crippen LogP contribution in [0.15, 0.2) is 23.8 Å². The van der Waals surface area contributed by atoms with E-state index in [1.54, 1.807) is 0 Å². The van der Waals surface area contributed by atoms with Gasteiger partial charge in [0.25, 0.3) is 0 Å². The predicted octanol–water partition coefficient (Wildman–Crippen LogP) is 14.2. The van der Waals surface area contributed by atoms with Crippen molar-refractivity contribution >= 4 is 0 Å². The Morgan fingerprint density at radius 3 is 2.00 bits per heavy atom. The molecule has 2 nitrogen and oxygen atoms in total. The highest BCUT2D eigenvalue weighted by Crippen LogP contribution is 2.67. The topological polar surface area (TPSA) is 40.5 Å². The molecular formula is C48H90O2. The highest BCUT2D eigenvalue weighted by Gasteiger charge is 2.57. The van der Waals surface area contributed by atoms with E-state index in [0.29, 0.717) is 35.2 Å². The van der Waals surface area contributed by atoms with Gasteiger partial charge in [0.15, 0.2) is 0 Å². The first-order valence-electron chi connectivity index (χ1n) is 22.5. The molecule has 0 spiro atoms. The van der Waals surface area contributed by atoms with Crippen molar-refractivity contribution in [1.29, 1.82) is 0 Å². The summed E-state index contributed by atoms with van der Waals surface area (Å²) in [5, 5.41) is 18.4. The summed E-state index contributed by atoms with van der Waals surface area (Å²) in [6, 6.07) is 0. The number of fused-ring (bicyclic) bond motifs is 5. The molecule has 0 heterocycles. The third-order valence-electron chi connectivity index (χ3n) is 15.4. The summed E-state index contributed by atoms with van der Waals surface area (Å²) >= 11 is 0. The van der Waals surface area contributed by atoms with Gasteiger partial charge in [-0.1, -0.05) is 165 Å². The van der Waals surface area contributed by atoms with Crippen molar-refractivity contribution < 1.29 is 10.2 Å². The Labute approximate surface area is 314 Å². The lowest BCUT2D eigenvalue weighted by atomic mass is 9.46. The van der Waals surface area contributed by atoms with Crippen LogP contribution in [0.25, 0.3) is 0 Å². The Kier molecular flexibility index (Phi) is 20.0. The SMILES string of the molecule is C=C1C=C2C3CCC(CCCCC(C)CC)C3(C)CCC2C2(C)CCC(C)CC12.CC.CCC1C(C)CCC(C)C1O.CCCCC(C)CO. The van der Waals surface area contributed by atoms with E-state index in [4.69, 9.17) is 5.11 Å². The summed E-state index contributed by atoms with van der Waals surface area (Å²) in [7, 11) is 0. The van der Waals surface area contributed by atoms with Gasteiger partial charge in [-0.05, 0) is 128 Å². The van der Waals surface area contributed by atoms with E-state index in [0.717, 1.165) is 47.8 Å². The van der Waals surface area contributed by atoms with E-state index >= 15 is 0 Å². The van der Waals surface area contributed by atoms with Crippen LogP contribution in [0, 0.1) is 70.0 Å². The normalized spacial score (nSPS) is 38.6. The molecule has 0 aromatic heterocycles. The molecule has 0 bridgehead atoms.